The van der Waals surface area contributed by atoms with Gasteiger partial charge in [-0.15, -0.1) is 0 Å². The first-order chi connectivity index (χ1) is 9.67. The molecule has 2 fully saturated rings. The summed E-state index contributed by atoms with van der Waals surface area (Å²) >= 11 is 0. The summed E-state index contributed by atoms with van der Waals surface area (Å²) in [6.45, 7) is 5.62. The Hall–Kier alpha value is -0.570. The van der Waals surface area contributed by atoms with Crippen molar-refractivity contribution in [2.24, 2.45) is 11.8 Å². The Kier molecular flexibility index (Phi) is 5.88. The predicted molar refractivity (Wildman–Crippen MR) is 81.8 cm³/mol. The van der Waals surface area contributed by atoms with Crippen LogP contribution in [0.1, 0.15) is 71.6 Å². The third-order valence-corrected chi connectivity index (χ3v) is 5.51. The van der Waals surface area contributed by atoms with Crippen LogP contribution >= 0.6 is 0 Å². The molecule has 1 heterocycles. The summed E-state index contributed by atoms with van der Waals surface area (Å²) in [6, 6.07) is 0.916. The summed E-state index contributed by atoms with van der Waals surface area (Å²) in [5, 5.41) is 9.59. The number of nitrogens with zero attached hydrogens (tertiary/aromatic N) is 1. The number of rotatable bonds is 5. The molecule has 3 nitrogen and oxygen atoms in total. The number of carboxylic acids is 1. The minimum atomic E-state index is -0.564. The van der Waals surface area contributed by atoms with Crippen LogP contribution in [0.15, 0.2) is 0 Å². The molecule has 0 aromatic carbocycles. The van der Waals surface area contributed by atoms with Gasteiger partial charge in [0.05, 0.1) is 5.92 Å². The van der Waals surface area contributed by atoms with Crippen molar-refractivity contribution in [2.75, 3.05) is 6.54 Å². The number of piperidine rings is 1. The van der Waals surface area contributed by atoms with Crippen molar-refractivity contribution in [1.29, 1.82) is 0 Å². The van der Waals surface area contributed by atoms with Gasteiger partial charge in [0, 0.05) is 12.1 Å². The fraction of sp³-hybridized carbons (Fsp3) is 0.941. The number of likely N-dealkylation sites (tertiary alicyclic amines) is 1. The second kappa shape index (κ2) is 7.44. The molecule has 4 unspecified atom stereocenters. The van der Waals surface area contributed by atoms with Crippen LogP contribution in [0.25, 0.3) is 0 Å². The van der Waals surface area contributed by atoms with Crippen molar-refractivity contribution in [3.8, 4) is 0 Å². The van der Waals surface area contributed by atoms with E-state index in [-0.39, 0.29) is 5.92 Å². The van der Waals surface area contributed by atoms with Crippen molar-refractivity contribution >= 4 is 5.97 Å². The number of carboxylic acid groups (broad SMARTS) is 1. The zero-order chi connectivity index (χ0) is 14.5. The van der Waals surface area contributed by atoms with Crippen LogP contribution in [-0.2, 0) is 4.79 Å². The van der Waals surface area contributed by atoms with Gasteiger partial charge in [-0.05, 0) is 51.0 Å². The highest BCUT2D eigenvalue weighted by atomic mass is 16.4. The van der Waals surface area contributed by atoms with Gasteiger partial charge in [0.15, 0.2) is 0 Å². The maximum absolute atomic E-state index is 11.6. The molecular weight excluding hydrogens is 250 g/mol. The molecule has 1 saturated heterocycles. The molecule has 0 amide bonds. The normalized spacial score (nSPS) is 35.9. The molecule has 1 N–H and O–H groups in total. The van der Waals surface area contributed by atoms with Gasteiger partial charge in [0.25, 0.3) is 0 Å². The lowest BCUT2D eigenvalue weighted by Crippen LogP contribution is -2.53. The molecule has 20 heavy (non-hydrogen) atoms. The molecule has 1 aliphatic carbocycles. The van der Waals surface area contributed by atoms with Gasteiger partial charge >= 0.3 is 5.97 Å². The van der Waals surface area contributed by atoms with Crippen LogP contribution < -0.4 is 0 Å². The fourth-order valence-electron chi connectivity index (χ4n) is 4.45. The Bertz CT molecular complexity index is 318. The summed E-state index contributed by atoms with van der Waals surface area (Å²) in [5.74, 6) is 0.0562. The first-order valence-electron chi connectivity index (χ1n) is 8.65. The SMILES string of the molecule is CCCC1CCC(C(=O)O)C(N2CCCCC2CC)C1. The van der Waals surface area contributed by atoms with Crippen LogP contribution in [0.4, 0.5) is 0 Å². The monoisotopic (exact) mass is 281 g/mol. The van der Waals surface area contributed by atoms with Crippen molar-refractivity contribution in [3.63, 3.8) is 0 Å². The zero-order valence-electron chi connectivity index (χ0n) is 13.2. The van der Waals surface area contributed by atoms with Gasteiger partial charge in [0.2, 0.25) is 0 Å². The Labute approximate surface area is 123 Å². The molecule has 1 aliphatic heterocycles. The van der Waals surface area contributed by atoms with Crippen LogP contribution in [0.2, 0.25) is 0 Å². The van der Waals surface area contributed by atoms with E-state index < -0.39 is 5.97 Å². The van der Waals surface area contributed by atoms with E-state index >= 15 is 0 Å². The average Bonchev–Trinajstić information content (AvgIpc) is 2.47. The summed E-state index contributed by atoms with van der Waals surface area (Å²) in [7, 11) is 0. The molecule has 0 aromatic heterocycles. The Morgan fingerprint density at radius 3 is 2.65 bits per heavy atom. The van der Waals surface area contributed by atoms with Crippen LogP contribution in [0.3, 0.4) is 0 Å². The molecule has 0 aromatic rings. The molecule has 3 heteroatoms. The summed E-state index contributed by atoms with van der Waals surface area (Å²) in [5.41, 5.74) is 0. The van der Waals surface area contributed by atoms with E-state index in [0.717, 1.165) is 31.7 Å². The second-order valence-corrected chi connectivity index (χ2v) is 6.78. The van der Waals surface area contributed by atoms with Gasteiger partial charge < -0.3 is 5.11 Å². The van der Waals surface area contributed by atoms with Crippen molar-refractivity contribution in [2.45, 2.75) is 83.7 Å². The highest BCUT2D eigenvalue weighted by Crippen LogP contribution is 2.37. The third-order valence-electron chi connectivity index (χ3n) is 5.51. The predicted octanol–water partition coefficient (Wildman–Crippen LogP) is 3.92. The van der Waals surface area contributed by atoms with E-state index in [1.165, 1.54) is 38.5 Å². The molecule has 0 radical (unpaired) electrons. The van der Waals surface area contributed by atoms with E-state index in [4.69, 9.17) is 0 Å². The lowest BCUT2D eigenvalue weighted by Gasteiger charge is -2.46. The third kappa shape index (κ3) is 3.55. The zero-order valence-corrected chi connectivity index (χ0v) is 13.2. The molecule has 1 saturated carbocycles. The van der Waals surface area contributed by atoms with Gasteiger partial charge in [-0.1, -0.05) is 33.1 Å². The lowest BCUT2D eigenvalue weighted by molar-refractivity contribution is -0.147. The van der Waals surface area contributed by atoms with Crippen molar-refractivity contribution in [3.05, 3.63) is 0 Å². The van der Waals surface area contributed by atoms with E-state index in [9.17, 15) is 9.90 Å². The van der Waals surface area contributed by atoms with Crippen LogP contribution in [0.5, 0.6) is 0 Å². The highest BCUT2D eigenvalue weighted by molar-refractivity contribution is 5.71. The molecule has 2 aliphatic rings. The first-order valence-corrected chi connectivity index (χ1v) is 8.65. The summed E-state index contributed by atoms with van der Waals surface area (Å²) < 4.78 is 0. The van der Waals surface area contributed by atoms with Gasteiger partial charge in [-0.2, -0.15) is 0 Å². The molecule has 0 bridgehead atoms. The van der Waals surface area contributed by atoms with Crippen molar-refractivity contribution in [1.82, 2.24) is 4.90 Å². The average molecular weight is 281 g/mol. The molecule has 116 valence electrons. The maximum atomic E-state index is 11.6. The van der Waals surface area contributed by atoms with Gasteiger partial charge in [0.1, 0.15) is 0 Å². The Morgan fingerprint density at radius 2 is 2.00 bits per heavy atom. The quantitative estimate of drug-likeness (QED) is 0.830. The molecule has 2 rings (SSSR count). The topological polar surface area (TPSA) is 40.5 Å². The lowest BCUT2D eigenvalue weighted by atomic mass is 9.75. The standard InChI is InChI=1S/C17H31NO2/c1-3-7-13-9-10-15(17(19)20)16(12-13)18-11-6-5-8-14(18)4-2/h13-16H,3-12H2,1-2H3,(H,19,20). The summed E-state index contributed by atoms with van der Waals surface area (Å²) in [6.07, 6.45) is 10.6. The van der Waals surface area contributed by atoms with E-state index in [0.29, 0.717) is 12.1 Å². The minimum absolute atomic E-state index is 0.129. The minimum Gasteiger partial charge on any atom is -0.481 e. The van der Waals surface area contributed by atoms with Crippen LogP contribution in [-0.4, -0.2) is 34.6 Å². The first kappa shape index (κ1) is 15.8. The Morgan fingerprint density at radius 1 is 1.20 bits per heavy atom. The van der Waals surface area contributed by atoms with Gasteiger partial charge in [-0.25, -0.2) is 0 Å². The fourth-order valence-corrected chi connectivity index (χ4v) is 4.45. The second-order valence-electron chi connectivity index (χ2n) is 6.78. The number of hydrogen-bond acceptors (Lipinski definition) is 2. The maximum Gasteiger partial charge on any atom is 0.308 e. The number of aliphatic carboxylic acids is 1. The molecular formula is C17H31NO2. The smallest absolute Gasteiger partial charge is 0.308 e. The Balaban J connectivity index is 2.10. The molecule has 0 spiro atoms. The molecule has 4 atom stereocenters. The van der Waals surface area contributed by atoms with Gasteiger partial charge in [-0.3, -0.25) is 9.69 Å². The van der Waals surface area contributed by atoms with Crippen molar-refractivity contribution < 1.29 is 9.90 Å². The largest absolute Gasteiger partial charge is 0.481 e. The van der Waals surface area contributed by atoms with E-state index in [2.05, 4.69) is 18.7 Å². The highest BCUT2D eigenvalue weighted by Gasteiger charge is 2.40. The summed E-state index contributed by atoms with van der Waals surface area (Å²) in [4.78, 5) is 14.2. The van der Waals surface area contributed by atoms with E-state index in [1.807, 2.05) is 0 Å². The number of hydrogen-bond donors (Lipinski definition) is 1. The van der Waals surface area contributed by atoms with E-state index in [1.54, 1.807) is 0 Å². The van der Waals surface area contributed by atoms with Crippen LogP contribution in [0, 0.1) is 11.8 Å². The number of carbonyl (C=O) groups is 1.